The second-order valence-corrected chi connectivity index (χ2v) is 2.96. The van der Waals surface area contributed by atoms with Crippen LogP contribution in [-0.4, -0.2) is 25.4 Å². The summed E-state index contributed by atoms with van der Waals surface area (Å²) in [4.78, 5) is 20.5. The Morgan fingerprint density at radius 2 is 1.67 bits per heavy atom. The van der Waals surface area contributed by atoms with Crippen LogP contribution in [0.4, 0.5) is 15.3 Å². The third kappa shape index (κ3) is 9.02. The third-order valence-electron chi connectivity index (χ3n) is 1.58. The van der Waals surface area contributed by atoms with Crippen molar-refractivity contribution >= 4 is 17.9 Å². The summed E-state index contributed by atoms with van der Waals surface area (Å²) < 4.78 is 8.88. The number of anilines is 1. The Balaban J connectivity index is 0.000000411. The van der Waals surface area contributed by atoms with Gasteiger partial charge in [-0.2, -0.15) is 0 Å². The van der Waals surface area contributed by atoms with E-state index in [1.54, 1.807) is 26.0 Å². The van der Waals surface area contributed by atoms with E-state index in [1.807, 2.05) is 18.2 Å². The number of primary amides is 1. The fraction of sp³-hybridized carbons (Fsp3) is 0.333. The Labute approximate surface area is 106 Å². The highest BCUT2D eigenvalue weighted by Crippen LogP contribution is 2.04. The Morgan fingerprint density at radius 3 is 2.06 bits per heavy atom. The average molecular weight is 254 g/mol. The van der Waals surface area contributed by atoms with Gasteiger partial charge in [0.05, 0.1) is 13.2 Å². The molecule has 2 amide bonds. The molecule has 0 atom stereocenters. The lowest BCUT2D eigenvalue weighted by atomic mass is 10.3. The molecule has 1 aromatic carbocycles. The van der Waals surface area contributed by atoms with Gasteiger partial charge in [0.2, 0.25) is 0 Å². The lowest BCUT2D eigenvalue weighted by Gasteiger charge is -2.03. The van der Waals surface area contributed by atoms with E-state index in [9.17, 15) is 9.59 Å². The number of amides is 2. The van der Waals surface area contributed by atoms with Crippen molar-refractivity contribution in [1.82, 2.24) is 0 Å². The first kappa shape index (κ1) is 15.8. The second kappa shape index (κ2) is 9.95. The minimum absolute atomic E-state index is 0.356. The van der Waals surface area contributed by atoms with Gasteiger partial charge < -0.3 is 15.2 Å². The van der Waals surface area contributed by atoms with Gasteiger partial charge in [-0.15, -0.1) is 0 Å². The molecule has 0 bridgehead atoms. The van der Waals surface area contributed by atoms with Gasteiger partial charge in [-0.25, -0.2) is 9.59 Å². The summed E-state index contributed by atoms with van der Waals surface area (Å²) in [7, 11) is 0. The monoisotopic (exact) mass is 254 g/mol. The molecule has 6 nitrogen and oxygen atoms in total. The quantitative estimate of drug-likeness (QED) is 0.866. The van der Waals surface area contributed by atoms with Crippen molar-refractivity contribution in [3.8, 4) is 0 Å². The summed E-state index contributed by atoms with van der Waals surface area (Å²) in [5.74, 6) is 0. The van der Waals surface area contributed by atoms with Gasteiger partial charge in [-0.1, -0.05) is 18.2 Å². The fourth-order valence-corrected chi connectivity index (χ4v) is 0.949. The number of benzene rings is 1. The van der Waals surface area contributed by atoms with E-state index in [0.717, 1.165) is 5.69 Å². The molecular weight excluding hydrogens is 236 g/mol. The molecule has 6 heteroatoms. The molecule has 0 radical (unpaired) electrons. The largest absolute Gasteiger partial charge is 0.450 e. The van der Waals surface area contributed by atoms with E-state index in [4.69, 9.17) is 4.74 Å². The summed E-state index contributed by atoms with van der Waals surface area (Å²) in [5, 5.41) is 2.58. The highest BCUT2D eigenvalue weighted by Gasteiger charge is 1.98. The first-order valence-electron chi connectivity index (χ1n) is 5.51. The number of ether oxygens (including phenoxy) is 2. The van der Waals surface area contributed by atoms with Crippen molar-refractivity contribution in [3.05, 3.63) is 30.3 Å². The zero-order chi connectivity index (χ0) is 13.8. The van der Waals surface area contributed by atoms with Gasteiger partial charge in [-0.05, 0) is 26.0 Å². The van der Waals surface area contributed by atoms with Crippen LogP contribution < -0.4 is 11.1 Å². The number of rotatable bonds is 3. The SMILES string of the molecule is CCOC(=O)Nc1ccccc1.CCOC(N)=O. The second-order valence-electron chi connectivity index (χ2n) is 2.96. The summed E-state index contributed by atoms with van der Waals surface area (Å²) in [6.45, 7) is 4.21. The highest BCUT2D eigenvalue weighted by atomic mass is 16.5. The number of carbonyl (C=O) groups is 2. The molecule has 1 aromatic rings. The topological polar surface area (TPSA) is 90.7 Å². The molecule has 0 saturated carbocycles. The molecule has 0 aliphatic heterocycles. The van der Waals surface area contributed by atoms with E-state index < -0.39 is 12.2 Å². The van der Waals surface area contributed by atoms with Gasteiger partial charge in [0.1, 0.15) is 0 Å². The van der Waals surface area contributed by atoms with E-state index in [0.29, 0.717) is 13.2 Å². The molecule has 1 rings (SSSR count). The van der Waals surface area contributed by atoms with Gasteiger partial charge in [0.15, 0.2) is 0 Å². The molecule has 18 heavy (non-hydrogen) atoms. The van der Waals surface area contributed by atoms with Crippen LogP contribution in [0.5, 0.6) is 0 Å². The van der Waals surface area contributed by atoms with Crippen molar-refractivity contribution < 1.29 is 19.1 Å². The third-order valence-corrected chi connectivity index (χ3v) is 1.58. The van der Waals surface area contributed by atoms with Crippen molar-refractivity contribution in [2.24, 2.45) is 5.73 Å². The van der Waals surface area contributed by atoms with Crippen LogP contribution >= 0.6 is 0 Å². The molecule has 0 aliphatic carbocycles. The molecule has 0 fully saturated rings. The maximum absolute atomic E-state index is 10.9. The Bertz CT molecular complexity index is 354. The summed E-state index contributed by atoms with van der Waals surface area (Å²) in [5.41, 5.74) is 5.29. The Morgan fingerprint density at radius 1 is 1.11 bits per heavy atom. The molecule has 0 aromatic heterocycles. The lowest BCUT2D eigenvalue weighted by Crippen LogP contribution is -2.12. The van der Waals surface area contributed by atoms with E-state index >= 15 is 0 Å². The van der Waals surface area contributed by atoms with E-state index in [-0.39, 0.29) is 0 Å². The number of nitrogens with one attached hydrogen (secondary N) is 1. The Hall–Kier alpha value is -2.24. The number of nitrogens with two attached hydrogens (primary N) is 1. The zero-order valence-corrected chi connectivity index (χ0v) is 10.5. The molecular formula is C12H18N2O4. The predicted molar refractivity (Wildman–Crippen MR) is 68.3 cm³/mol. The Kier molecular flexibility index (Phi) is 8.71. The molecule has 0 unspecified atom stereocenters. The van der Waals surface area contributed by atoms with Crippen LogP contribution in [0.15, 0.2) is 30.3 Å². The number of carbonyl (C=O) groups excluding carboxylic acids is 2. The highest BCUT2D eigenvalue weighted by molar-refractivity contribution is 5.84. The van der Waals surface area contributed by atoms with Crippen molar-refractivity contribution in [1.29, 1.82) is 0 Å². The minimum atomic E-state index is -0.711. The first-order chi connectivity index (χ1) is 8.60. The van der Waals surface area contributed by atoms with Crippen LogP contribution in [-0.2, 0) is 9.47 Å². The molecule has 0 saturated heterocycles. The van der Waals surface area contributed by atoms with Crippen LogP contribution in [0, 0.1) is 0 Å². The maximum Gasteiger partial charge on any atom is 0.411 e. The summed E-state index contributed by atoms with van der Waals surface area (Å²) in [6, 6.07) is 9.19. The smallest absolute Gasteiger partial charge is 0.411 e. The molecule has 0 aliphatic rings. The number of hydrogen-bond acceptors (Lipinski definition) is 4. The predicted octanol–water partition coefficient (Wildman–Crippen LogP) is 2.36. The van der Waals surface area contributed by atoms with Gasteiger partial charge >= 0.3 is 12.2 Å². The first-order valence-corrected chi connectivity index (χ1v) is 5.51. The van der Waals surface area contributed by atoms with E-state index in [2.05, 4.69) is 15.8 Å². The summed E-state index contributed by atoms with van der Waals surface area (Å²) in [6.07, 6.45) is -1.12. The molecule has 0 heterocycles. The standard InChI is InChI=1S/C9H11NO2.C3H7NO2/c1-2-12-9(11)10-8-6-4-3-5-7-8;1-2-6-3(4)5/h3-7H,2H2,1H3,(H,10,11);2H2,1H3,(H2,4,5). The lowest BCUT2D eigenvalue weighted by molar-refractivity contribution is 0.163. The van der Waals surface area contributed by atoms with Crippen LogP contribution in [0.25, 0.3) is 0 Å². The average Bonchev–Trinajstić information content (AvgIpc) is 2.31. The van der Waals surface area contributed by atoms with Crippen LogP contribution in [0.3, 0.4) is 0 Å². The molecule has 100 valence electrons. The zero-order valence-electron chi connectivity index (χ0n) is 10.5. The molecule has 3 N–H and O–H groups in total. The summed E-state index contributed by atoms with van der Waals surface area (Å²) >= 11 is 0. The van der Waals surface area contributed by atoms with Gasteiger partial charge in [0, 0.05) is 5.69 Å². The van der Waals surface area contributed by atoms with Gasteiger partial charge in [0.25, 0.3) is 0 Å². The van der Waals surface area contributed by atoms with E-state index in [1.165, 1.54) is 0 Å². The van der Waals surface area contributed by atoms with Crippen molar-refractivity contribution in [2.75, 3.05) is 18.5 Å². The minimum Gasteiger partial charge on any atom is -0.450 e. The van der Waals surface area contributed by atoms with Crippen molar-refractivity contribution in [3.63, 3.8) is 0 Å². The fourth-order valence-electron chi connectivity index (χ4n) is 0.949. The normalized spacial score (nSPS) is 8.56. The van der Waals surface area contributed by atoms with Crippen LogP contribution in [0.1, 0.15) is 13.8 Å². The number of hydrogen-bond donors (Lipinski definition) is 2. The number of para-hydroxylation sites is 1. The van der Waals surface area contributed by atoms with Crippen molar-refractivity contribution in [2.45, 2.75) is 13.8 Å². The van der Waals surface area contributed by atoms with Crippen LogP contribution in [0.2, 0.25) is 0 Å². The van der Waals surface area contributed by atoms with Gasteiger partial charge in [-0.3, -0.25) is 5.32 Å². The molecule has 0 spiro atoms. The maximum atomic E-state index is 10.9.